The first-order valence-corrected chi connectivity index (χ1v) is 25.5. The van der Waals surface area contributed by atoms with Crippen LogP contribution in [-0.4, -0.2) is 86.7 Å². The maximum atomic E-state index is 13.1. The van der Waals surface area contributed by atoms with Crippen molar-refractivity contribution < 1.29 is 33.2 Å². The number of rotatable bonds is 11. The molecule has 17 heteroatoms. The molecule has 4 aliphatic rings. The van der Waals surface area contributed by atoms with Crippen molar-refractivity contribution in [2.24, 2.45) is 5.73 Å². The molecule has 0 atom stereocenters. The van der Waals surface area contributed by atoms with E-state index in [-0.39, 0.29) is 22.3 Å². The molecule has 0 unspecified atom stereocenters. The molecule has 2 aromatic carbocycles. The van der Waals surface area contributed by atoms with E-state index in [4.69, 9.17) is 39.3 Å². The summed E-state index contributed by atoms with van der Waals surface area (Å²) in [6.07, 6.45) is 17.0. The molecule has 6 aromatic rings. The number of hydrogen-bond acceptors (Lipinski definition) is 15. The second-order valence-electron chi connectivity index (χ2n) is 18.2. The minimum atomic E-state index is -0.975. The molecule has 10 rings (SSSR count). The van der Waals surface area contributed by atoms with Gasteiger partial charge in [0.15, 0.2) is 0 Å². The monoisotopic (exact) mass is 950 g/mol. The number of benzene rings is 2. The van der Waals surface area contributed by atoms with E-state index >= 15 is 0 Å². The molecule has 356 valence electrons. The number of carbonyl (C=O) groups excluding carboxylic acids is 1. The van der Waals surface area contributed by atoms with Crippen LogP contribution in [0.25, 0.3) is 22.8 Å². The van der Waals surface area contributed by atoms with Crippen LogP contribution < -0.4 is 11.1 Å². The van der Waals surface area contributed by atoms with E-state index in [9.17, 15) is 9.59 Å². The van der Waals surface area contributed by atoms with Gasteiger partial charge in [-0.05, 0) is 75.6 Å². The predicted molar refractivity (Wildman–Crippen MR) is 257 cm³/mol. The maximum Gasteiger partial charge on any atom is 0.335 e. The van der Waals surface area contributed by atoms with Gasteiger partial charge < -0.3 is 34.7 Å². The molecule has 0 radical (unpaired) electrons. The molecule has 4 N–H and O–H groups in total. The van der Waals surface area contributed by atoms with E-state index in [0.717, 1.165) is 49.5 Å². The van der Waals surface area contributed by atoms with Gasteiger partial charge in [0.2, 0.25) is 23.4 Å². The normalized spacial score (nSPS) is 18.5. The fraction of sp³-hybridized carbons (Fsp3) is 0.520. The van der Waals surface area contributed by atoms with Gasteiger partial charge >= 0.3 is 5.97 Å². The second-order valence-corrected chi connectivity index (χ2v) is 20.0. The fourth-order valence-electron chi connectivity index (χ4n) is 9.50. The molecule has 4 aromatic heterocycles. The lowest BCUT2D eigenvalue weighted by molar-refractivity contribution is 0.0485. The van der Waals surface area contributed by atoms with Crippen molar-refractivity contribution in [3.63, 3.8) is 0 Å². The van der Waals surface area contributed by atoms with E-state index in [1.165, 1.54) is 92.7 Å². The Labute approximate surface area is 399 Å². The number of carboxylic acids is 1. The molecule has 1 amide bonds. The van der Waals surface area contributed by atoms with Crippen LogP contribution in [0.2, 0.25) is 0 Å². The Morgan fingerprint density at radius 2 is 1.13 bits per heavy atom. The number of carboxylic acid groups (broad SMARTS) is 1. The summed E-state index contributed by atoms with van der Waals surface area (Å²) in [7, 11) is 0. The van der Waals surface area contributed by atoms with Crippen LogP contribution in [0.15, 0.2) is 68.3 Å². The zero-order valence-corrected chi connectivity index (χ0v) is 40.2. The van der Waals surface area contributed by atoms with Gasteiger partial charge in [-0.1, -0.05) is 73.1 Å². The van der Waals surface area contributed by atoms with Crippen LogP contribution in [0.4, 0.5) is 0 Å². The highest BCUT2D eigenvalue weighted by atomic mass is 32.1. The third-order valence-corrected chi connectivity index (χ3v) is 15.9. The quantitative estimate of drug-likeness (QED) is 0.110. The van der Waals surface area contributed by atoms with Crippen molar-refractivity contribution in [1.82, 2.24) is 35.6 Å². The Kier molecular flexibility index (Phi) is 16.4. The highest BCUT2D eigenvalue weighted by molar-refractivity contribution is 7.10. The standard InChI is InChI=1S/C25H30N4O3S.C15H24N2OS.C10H8N2O3/c1-17-27-22(29-32-17)19-8-5-9-20(14-19)23(30)26-16-25(10-12-31-13-11-25)24-28-21(15-33-24)18-6-3-2-4-7-18;16-11-15(6-8-18-9-7-15)14-17-13(10-19-14)12-4-2-1-3-5-12;1-6-11-9(12-15-6)7-3-2-4-8(5-7)10(13)14/h5,8-9,14-15,18H,2-4,6-7,10-13,16H2,1H3,(H,26,30);10,12H,1-9,11,16H2;2-5H,1H3,(H,13,14). The number of ether oxygens (including phenoxy) is 2. The number of carbonyl (C=O) groups is 2. The minimum Gasteiger partial charge on any atom is -0.478 e. The Balaban J connectivity index is 0.000000151. The van der Waals surface area contributed by atoms with Crippen LogP contribution in [0.5, 0.6) is 0 Å². The molecule has 0 spiro atoms. The Morgan fingerprint density at radius 3 is 1.60 bits per heavy atom. The molecule has 4 fully saturated rings. The minimum absolute atomic E-state index is 0.0931. The number of nitrogens with zero attached hydrogens (tertiary/aromatic N) is 6. The maximum absolute atomic E-state index is 13.1. The van der Waals surface area contributed by atoms with Crippen molar-refractivity contribution in [1.29, 1.82) is 0 Å². The van der Waals surface area contributed by atoms with E-state index in [1.54, 1.807) is 43.4 Å². The molecule has 0 bridgehead atoms. The number of hydrogen-bond donors (Lipinski definition) is 3. The van der Waals surface area contributed by atoms with Crippen molar-refractivity contribution in [3.05, 3.63) is 104 Å². The van der Waals surface area contributed by atoms with Crippen molar-refractivity contribution in [2.75, 3.05) is 39.5 Å². The van der Waals surface area contributed by atoms with E-state index < -0.39 is 5.97 Å². The average molecular weight is 951 g/mol. The van der Waals surface area contributed by atoms with E-state index in [0.29, 0.717) is 72.7 Å². The SMILES string of the molecule is Cc1nc(-c2cccc(C(=O)NCC3(c4nc(C5CCCCC5)cs4)CCOCC3)c2)no1.Cc1nc(-c2cccc(C(=O)O)c2)no1.NCC1(c2nc(C3CCCCC3)cs2)CCOCC1. The number of thiazole rings is 2. The molecule has 6 heterocycles. The summed E-state index contributed by atoms with van der Waals surface area (Å²) in [6, 6.07) is 13.7. The first-order valence-electron chi connectivity index (χ1n) is 23.7. The lowest BCUT2D eigenvalue weighted by atomic mass is 9.80. The van der Waals surface area contributed by atoms with Gasteiger partial charge in [0.05, 0.1) is 17.0 Å². The van der Waals surface area contributed by atoms with Crippen molar-refractivity contribution in [3.8, 4) is 22.8 Å². The smallest absolute Gasteiger partial charge is 0.335 e. The van der Waals surface area contributed by atoms with Crippen LogP contribution in [-0.2, 0) is 20.3 Å². The summed E-state index contributed by atoms with van der Waals surface area (Å²) in [4.78, 5) is 42.2. The molecule has 2 saturated carbocycles. The zero-order chi connectivity index (χ0) is 46.6. The largest absolute Gasteiger partial charge is 0.478 e. The topological polar surface area (TPSA) is 214 Å². The van der Waals surface area contributed by atoms with Gasteiger partial charge in [0.25, 0.3) is 5.91 Å². The Morgan fingerprint density at radius 1 is 0.672 bits per heavy atom. The van der Waals surface area contributed by atoms with Gasteiger partial charge in [-0.25, -0.2) is 14.8 Å². The molecular formula is C50H62N8O7S2. The van der Waals surface area contributed by atoms with Crippen LogP contribution >= 0.6 is 22.7 Å². The highest BCUT2D eigenvalue weighted by Gasteiger charge is 2.39. The fourth-order valence-corrected chi connectivity index (χ4v) is 11.8. The first kappa shape index (κ1) is 48.3. The van der Waals surface area contributed by atoms with Gasteiger partial charge in [-0.15, -0.1) is 22.7 Å². The highest BCUT2D eigenvalue weighted by Crippen LogP contribution is 2.41. The van der Waals surface area contributed by atoms with Gasteiger partial charge in [-0.2, -0.15) is 9.97 Å². The summed E-state index contributed by atoms with van der Waals surface area (Å²) in [6.45, 7) is 7.73. The van der Waals surface area contributed by atoms with E-state index in [2.05, 4.69) is 36.4 Å². The molecule has 2 aliphatic carbocycles. The summed E-state index contributed by atoms with van der Waals surface area (Å²) in [5, 5.41) is 26.6. The number of aryl methyl sites for hydroxylation is 2. The van der Waals surface area contributed by atoms with Crippen LogP contribution in [0.1, 0.15) is 156 Å². The summed E-state index contributed by atoms with van der Waals surface area (Å²) in [5.74, 6) is 2.05. The summed E-state index contributed by atoms with van der Waals surface area (Å²) in [5.41, 5.74) is 10.7. The number of amides is 1. The van der Waals surface area contributed by atoms with Crippen molar-refractivity contribution >= 4 is 34.6 Å². The number of nitrogens with one attached hydrogen (secondary N) is 1. The molecule has 2 saturated heterocycles. The van der Waals surface area contributed by atoms with Gasteiger partial charge in [-0.3, -0.25) is 4.79 Å². The second kappa shape index (κ2) is 22.7. The van der Waals surface area contributed by atoms with Crippen LogP contribution in [0.3, 0.4) is 0 Å². The predicted octanol–water partition coefficient (Wildman–Crippen LogP) is 9.97. The molecule has 67 heavy (non-hydrogen) atoms. The first-order chi connectivity index (χ1) is 32.6. The van der Waals surface area contributed by atoms with E-state index in [1.807, 2.05) is 29.5 Å². The molecular weight excluding hydrogens is 889 g/mol. The lowest BCUT2D eigenvalue weighted by Crippen LogP contribution is -2.44. The zero-order valence-electron chi connectivity index (χ0n) is 38.5. The lowest BCUT2D eigenvalue weighted by Gasteiger charge is -2.35. The summed E-state index contributed by atoms with van der Waals surface area (Å²) < 4.78 is 21.0. The number of nitrogens with two attached hydrogens (primary N) is 1. The summed E-state index contributed by atoms with van der Waals surface area (Å²) >= 11 is 3.58. The van der Waals surface area contributed by atoms with Gasteiger partial charge in [0, 0.05) is 103 Å². The van der Waals surface area contributed by atoms with Crippen LogP contribution in [0, 0.1) is 13.8 Å². The third-order valence-electron chi connectivity index (χ3n) is 13.7. The molecule has 2 aliphatic heterocycles. The molecule has 15 nitrogen and oxygen atoms in total. The van der Waals surface area contributed by atoms with Gasteiger partial charge in [0.1, 0.15) is 10.0 Å². The van der Waals surface area contributed by atoms with Crippen molar-refractivity contribution in [2.45, 2.75) is 126 Å². The number of aromatic nitrogens is 6. The Bertz CT molecular complexity index is 2530. The Hall–Kier alpha value is -5.20. The number of aromatic carboxylic acids is 1. The average Bonchev–Trinajstić information content (AvgIpc) is 4.24. The third kappa shape index (κ3) is 12.1.